The van der Waals surface area contributed by atoms with Gasteiger partial charge in [0, 0.05) is 25.4 Å². The highest BCUT2D eigenvalue weighted by Crippen LogP contribution is 2.11. The highest BCUT2D eigenvalue weighted by atomic mass is 16.3. The largest absolute Gasteiger partial charge is 0.396 e. The molecule has 1 aromatic heterocycles. The lowest BCUT2D eigenvalue weighted by molar-refractivity contribution is 0.237. The van der Waals surface area contributed by atoms with Gasteiger partial charge in [-0.25, -0.2) is 4.79 Å². The number of anilines is 1. The first-order valence-corrected chi connectivity index (χ1v) is 7.26. The zero-order valence-electron chi connectivity index (χ0n) is 12.6. The van der Waals surface area contributed by atoms with Crippen LogP contribution in [0.5, 0.6) is 0 Å². The summed E-state index contributed by atoms with van der Waals surface area (Å²) in [5.41, 5.74) is 0.686. The molecule has 0 saturated carbocycles. The normalized spacial score (nSPS) is 12.4. The Balaban J connectivity index is 2.38. The molecule has 1 aromatic rings. The molecule has 6 nitrogen and oxygen atoms in total. The fourth-order valence-electron chi connectivity index (χ4n) is 2.04. The Bertz CT molecular complexity index is 398. The number of nitrogens with one attached hydrogen (secondary N) is 2. The van der Waals surface area contributed by atoms with E-state index < -0.39 is 0 Å². The first-order valence-electron chi connectivity index (χ1n) is 7.26. The summed E-state index contributed by atoms with van der Waals surface area (Å²) in [7, 11) is 0. The van der Waals surface area contributed by atoms with Gasteiger partial charge in [-0.3, -0.25) is 4.68 Å². The van der Waals surface area contributed by atoms with Crippen LogP contribution in [0.1, 0.15) is 46.1 Å². The van der Waals surface area contributed by atoms with Gasteiger partial charge < -0.3 is 15.7 Å². The van der Waals surface area contributed by atoms with Gasteiger partial charge >= 0.3 is 6.03 Å². The molecule has 20 heavy (non-hydrogen) atoms. The first kappa shape index (κ1) is 16.5. The zero-order valence-corrected chi connectivity index (χ0v) is 12.6. The molecule has 2 amide bonds. The van der Waals surface area contributed by atoms with Crippen molar-refractivity contribution >= 4 is 11.7 Å². The van der Waals surface area contributed by atoms with E-state index in [1.165, 1.54) is 0 Å². The molecular weight excluding hydrogens is 256 g/mol. The molecule has 0 bridgehead atoms. The van der Waals surface area contributed by atoms with E-state index in [0.717, 1.165) is 19.3 Å². The number of amides is 2. The van der Waals surface area contributed by atoms with E-state index in [4.69, 9.17) is 5.11 Å². The SMILES string of the molecule is CCCC(CCO)CNC(=O)Nc1cnn(C(C)C)c1. The van der Waals surface area contributed by atoms with Crippen LogP contribution in [0.15, 0.2) is 12.4 Å². The molecular formula is C14H26N4O2. The number of carbonyl (C=O) groups excluding carboxylic acids is 1. The smallest absolute Gasteiger partial charge is 0.319 e. The number of carbonyl (C=O) groups is 1. The number of hydrogen-bond acceptors (Lipinski definition) is 3. The number of aliphatic hydroxyl groups is 1. The molecule has 0 spiro atoms. The molecule has 0 aromatic carbocycles. The van der Waals surface area contributed by atoms with Gasteiger partial charge in [0.1, 0.15) is 0 Å². The lowest BCUT2D eigenvalue weighted by atomic mass is 10.0. The van der Waals surface area contributed by atoms with Gasteiger partial charge in [-0.1, -0.05) is 13.3 Å². The molecule has 0 radical (unpaired) electrons. The zero-order chi connectivity index (χ0) is 15.0. The van der Waals surface area contributed by atoms with Gasteiger partial charge in [0.05, 0.1) is 11.9 Å². The predicted molar refractivity (Wildman–Crippen MR) is 79.7 cm³/mol. The van der Waals surface area contributed by atoms with Crippen molar-refractivity contribution in [2.45, 2.75) is 46.1 Å². The highest BCUT2D eigenvalue weighted by molar-refractivity contribution is 5.88. The van der Waals surface area contributed by atoms with Crippen LogP contribution in [0, 0.1) is 5.92 Å². The summed E-state index contributed by atoms with van der Waals surface area (Å²) in [5.74, 6) is 0.328. The van der Waals surface area contributed by atoms with E-state index >= 15 is 0 Å². The fraction of sp³-hybridized carbons (Fsp3) is 0.714. The number of hydrogen-bond donors (Lipinski definition) is 3. The van der Waals surface area contributed by atoms with Crippen molar-refractivity contribution in [2.75, 3.05) is 18.5 Å². The summed E-state index contributed by atoms with van der Waals surface area (Å²) in [6.45, 7) is 6.90. The topological polar surface area (TPSA) is 79.2 Å². The maximum atomic E-state index is 11.8. The summed E-state index contributed by atoms with van der Waals surface area (Å²) < 4.78 is 1.79. The Morgan fingerprint density at radius 1 is 1.45 bits per heavy atom. The Labute approximate surface area is 120 Å². The molecule has 3 N–H and O–H groups in total. The molecule has 0 aliphatic rings. The van der Waals surface area contributed by atoms with Crippen LogP contribution >= 0.6 is 0 Å². The van der Waals surface area contributed by atoms with Crippen LogP contribution in [-0.4, -0.2) is 34.1 Å². The first-order chi connectivity index (χ1) is 9.56. The quantitative estimate of drug-likeness (QED) is 0.685. The average Bonchev–Trinajstić information content (AvgIpc) is 2.85. The third-order valence-corrected chi connectivity index (χ3v) is 3.17. The van der Waals surface area contributed by atoms with Gasteiger partial charge in [-0.2, -0.15) is 5.10 Å². The van der Waals surface area contributed by atoms with E-state index in [1.807, 2.05) is 20.0 Å². The van der Waals surface area contributed by atoms with Crippen LogP contribution < -0.4 is 10.6 Å². The molecule has 0 aliphatic heterocycles. The molecule has 1 rings (SSSR count). The molecule has 0 aliphatic carbocycles. The van der Waals surface area contributed by atoms with E-state index in [-0.39, 0.29) is 18.7 Å². The Hall–Kier alpha value is -1.56. The summed E-state index contributed by atoms with van der Waals surface area (Å²) in [4.78, 5) is 11.8. The van der Waals surface area contributed by atoms with Gasteiger partial charge in [0.2, 0.25) is 0 Å². The second-order valence-electron chi connectivity index (χ2n) is 5.30. The van der Waals surface area contributed by atoms with Crippen LogP contribution in [0.4, 0.5) is 10.5 Å². The molecule has 1 heterocycles. The molecule has 114 valence electrons. The van der Waals surface area contributed by atoms with Crippen molar-refractivity contribution in [1.29, 1.82) is 0 Å². The second-order valence-corrected chi connectivity index (χ2v) is 5.30. The van der Waals surface area contributed by atoms with Gasteiger partial charge in [0.25, 0.3) is 0 Å². The van der Waals surface area contributed by atoms with Crippen molar-refractivity contribution in [3.8, 4) is 0 Å². The number of nitrogens with zero attached hydrogens (tertiary/aromatic N) is 2. The van der Waals surface area contributed by atoms with Crippen molar-refractivity contribution in [2.24, 2.45) is 5.92 Å². The maximum absolute atomic E-state index is 11.8. The monoisotopic (exact) mass is 282 g/mol. The van der Waals surface area contributed by atoms with Crippen molar-refractivity contribution < 1.29 is 9.90 Å². The molecule has 0 saturated heterocycles. The van der Waals surface area contributed by atoms with E-state index in [1.54, 1.807) is 10.9 Å². The van der Waals surface area contributed by atoms with Crippen molar-refractivity contribution in [3.05, 3.63) is 12.4 Å². The van der Waals surface area contributed by atoms with Crippen LogP contribution in [0.2, 0.25) is 0 Å². The summed E-state index contributed by atoms with van der Waals surface area (Å²) in [5, 5.41) is 18.7. The second kappa shape index (κ2) is 8.58. The third kappa shape index (κ3) is 5.61. The summed E-state index contributed by atoms with van der Waals surface area (Å²) in [6, 6.07) is 0.0412. The van der Waals surface area contributed by atoms with Crippen LogP contribution in [0.25, 0.3) is 0 Å². The minimum Gasteiger partial charge on any atom is -0.396 e. The van der Waals surface area contributed by atoms with Crippen molar-refractivity contribution in [3.63, 3.8) is 0 Å². The third-order valence-electron chi connectivity index (χ3n) is 3.17. The summed E-state index contributed by atoms with van der Waals surface area (Å²) in [6.07, 6.45) is 6.22. The number of aromatic nitrogens is 2. The molecule has 6 heteroatoms. The average molecular weight is 282 g/mol. The van der Waals surface area contributed by atoms with E-state index in [2.05, 4.69) is 22.7 Å². The molecule has 0 fully saturated rings. The molecule has 1 atom stereocenters. The van der Waals surface area contributed by atoms with E-state index in [0.29, 0.717) is 18.2 Å². The van der Waals surface area contributed by atoms with Crippen molar-refractivity contribution in [1.82, 2.24) is 15.1 Å². The Morgan fingerprint density at radius 2 is 2.20 bits per heavy atom. The number of aliphatic hydroxyl groups excluding tert-OH is 1. The predicted octanol–water partition coefficient (Wildman–Crippen LogP) is 2.38. The fourth-order valence-corrected chi connectivity index (χ4v) is 2.04. The standard InChI is InChI=1S/C14H26N4O2/c1-4-5-12(6-7-19)8-15-14(20)17-13-9-16-18(10-13)11(2)3/h9-12,19H,4-8H2,1-3H3,(H2,15,17,20). The van der Waals surface area contributed by atoms with Crippen LogP contribution in [-0.2, 0) is 0 Å². The Morgan fingerprint density at radius 3 is 2.75 bits per heavy atom. The summed E-state index contributed by atoms with van der Waals surface area (Å²) >= 11 is 0. The lowest BCUT2D eigenvalue weighted by Crippen LogP contribution is -2.33. The number of urea groups is 1. The highest BCUT2D eigenvalue weighted by Gasteiger charge is 2.10. The Kier molecular flexibility index (Phi) is 7.08. The lowest BCUT2D eigenvalue weighted by Gasteiger charge is -2.15. The minimum atomic E-state index is -0.229. The minimum absolute atomic E-state index is 0.162. The van der Waals surface area contributed by atoms with Gasteiger partial charge in [-0.15, -0.1) is 0 Å². The van der Waals surface area contributed by atoms with Gasteiger partial charge in [-0.05, 0) is 32.6 Å². The number of rotatable bonds is 8. The van der Waals surface area contributed by atoms with E-state index in [9.17, 15) is 4.79 Å². The maximum Gasteiger partial charge on any atom is 0.319 e. The van der Waals surface area contributed by atoms with Crippen LogP contribution in [0.3, 0.4) is 0 Å². The van der Waals surface area contributed by atoms with Gasteiger partial charge in [0.15, 0.2) is 0 Å². The molecule has 1 unspecified atom stereocenters.